The Bertz CT molecular complexity index is 764. The molecule has 0 unspecified atom stereocenters. The Balaban J connectivity index is 0.000000405. The summed E-state index contributed by atoms with van der Waals surface area (Å²) in [5.74, 6) is 1.88. The van der Waals surface area contributed by atoms with Crippen LogP contribution in [-0.4, -0.2) is 50.9 Å². The Hall–Kier alpha value is -2.31. The summed E-state index contributed by atoms with van der Waals surface area (Å²) in [5.41, 5.74) is 2.21. The zero-order chi connectivity index (χ0) is 21.0. The minimum Gasteiger partial charge on any atom is -0.759 e. The van der Waals surface area contributed by atoms with Crippen LogP contribution in [0.15, 0.2) is 25.6 Å². The van der Waals surface area contributed by atoms with Crippen molar-refractivity contribution in [2.45, 2.75) is 26.9 Å². The van der Waals surface area contributed by atoms with E-state index in [4.69, 9.17) is 27.7 Å². The van der Waals surface area contributed by atoms with E-state index in [0.717, 1.165) is 23.0 Å². The molecule has 2 heterocycles. The molecule has 0 aliphatic carbocycles. The third kappa shape index (κ3) is 9.82. The molecule has 0 aliphatic rings. The van der Waals surface area contributed by atoms with Gasteiger partial charge in [0.15, 0.2) is 0 Å². The van der Waals surface area contributed by atoms with E-state index in [-0.39, 0.29) is 13.2 Å². The maximum absolute atomic E-state index is 8.71. The second-order valence-corrected chi connectivity index (χ2v) is 6.01. The molecule has 27 heavy (non-hydrogen) atoms. The van der Waals surface area contributed by atoms with Gasteiger partial charge in [-0.2, -0.15) is 0 Å². The largest absolute Gasteiger partial charge is 0.759 e. The van der Waals surface area contributed by atoms with Crippen LogP contribution in [0.3, 0.4) is 0 Å². The van der Waals surface area contributed by atoms with Crippen molar-refractivity contribution in [3.8, 4) is 0 Å². The number of H-pyrrole nitrogens is 2. The normalized spacial score (nSPS) is 10.3. The van der Waals surface area contributed by atoms with Crippen molar-refractivity contribution < 1.29 is 36.9 Å². The first-order valence-corrected chi connectivity index (χ1v) is 9.21. The number of nitrogens with zero attached hydrogens (tertiary/aromatic N) is 2. The summed E-state index contributed by atoms with van der Waals surface area (Å²) in [4.78, 5) is 6.08. The summed E-state index contributed by atoms with van der Waals surface area (Å²) in [7, 11) is -5.17. The van der Waals surface area contributed by atoms with E-state index >= 15 is 0 Å². The minimum absolute atomic E-state index is 0.157. The van der Waals surface area contributed by atoms with E-state index in [2.05, 4.69) is 23.1 Å². The van der Waals surface area contributed by atoms with Gasteiger partial charge in [-0.1, -0.05) is 13.2 Å². The van der Waals surface area contributed by atoms with Crippen molar-refractivity contribution in [1.29, 1.82) is 0 Å². The highest BCUT2D eigenvalue weighted by molar-refractivity contribution is 7.79. The Labute approximate surface area is 158 Å². The molecule has 0 spiro atoms. The van der Waals surface area contributed by atoms with Gasteiger partial charge in [0, 0.05) is 36.4 Å². The Morgan fingerprint density at radius 2 is 1.26 bits per heavy atom. The summed E-state index contributed by atoms with van der Waals surface area (Å²) in [6, 6.07) is 0. The number of imidazole rings is 2. The number of hydrogen-bond donors (Lipinski definition) is 4. The van der Waals surface area contributed by atoms with Gasteiger partial charge in [-0.05, 0) is 0 Å². The third-order valence-corrected chi connectivity index (χ3v) is 3.32. The third-order valence-electron chi connectivity index (χ3n) is 3.32. The second kappa shape index (κ2) is 12.1. The zero-order valence-electron chi connectivity index (χ0n) is 15.4. The van der Waals surface area contributed by atoms with Crippen LogP contribution in [0.1, 0.15) is 23.0 Å². The predicted octanol–water partition coefficient (Wildman–Crippen LogP) is -0.846. The Morgan fingerprint density at radius 1 is 0.963 bits per heavy atom. The summed E-state index contributed by atoms with van der Waals surface area (Å²) in [6.07, 6.45) is 7.27. The Kier molecular flexibility index (Phi) is 11.1. The van der Waals surface area contributed by atoms with Crippen molar-refractivity contribution in [1.82, 2.24) is 9.97 Å². The molecule has 0 radical (unpaired) electrons. The lowest BCUT2D eigenvalue weighted by Gasteiger charge is -2.06. The topological polar surface area (TPSA) is 160 Å². The fourth-order valence-electron chi connectivity index (χ4n) is 2.18. The molecule has 2 aromatic heterocycles. The number of hydrogen-bond acceptors (Lipinski definition) is 6. The lowest BCUT2D eigenvalue weighted by Crippen LogP contribution is -2.39. The molecule has 0 atom stereocenters. The van der Waals surface area contributed by atoms with Crippen LogP contribution in [0.5, 0.6) is 0 Å². The van der Waals surface area contributed by atoms with E-state index in [1.54, 1.807) is 12.2 Å². The maximum Gasteiger partial charge on any atom is 0.278 e. The number of aryl methyl sites for hydroxylation is 2. The molecule has 11 heteroatoms. The van der Waals surface area contributed by atoms with Gasteiger partial charge in [-0.25, -0.2) is 19.1 Å². The zero-order valence-corrected chi connectivity index (χ0v) is 16.2. The summed E-state index contributed by atoms with van der Waals surface area (Å²) in [5, 5.41) is 17.4. The van der Waals surface area contributed by atoms with Crippen LogP contribution in [0.2, 0.25) is 0 Å². The van der Waals surface area contributed by atoms with Gasteiger partial charge in [-0.15, -0.1) is 0 Å². The highest BCUT2D eigenvalue weighted by Crippen LogP contribution is 1.94. The molecular weight excluding hydrogens is 376 g/mol. The quantitative estimate of drug-likeness (QED) is 0.280. The SMILES string of the molecule is C=Cc1[nH]cc(C)[n+]1CCO.C=Cc1[nH]cc(C)[n+]1CCO.O=S(=O)([O-])[O-]. The molecule has 2 aromatic rings. The highest BCUT2D eigenvalue weighted by atomic mass is 32.3. The van der Waals surface area contributed by atoms with Crippen LogP contribution in [-0.2, 0) is 23.5 Å². The van der Waals surface area contributed by atoms with Gasteiger partial charge in [0.2, 0.25) is 0 Å². The van der Waals surface area contributed by atoms with Gasteiger partial charge >= 0.3 is 0 Å². The monoisotopic (exact) mass is 402 g/mol. The van der Waals surface area contributed by atoms with Crippen molar-refractivity contribution in [3.05, 3.63) is 48.6 Å². The lowest BCUT2D eigenvalue weighted by molar-refractivity contribution is -0.704. The molecule has 0 bridgehead atoms. The molecule has 152 valence electrons. The number of rotatable bonds is 6. The number of aromatic amines is 2. The molecule has 0 amide bonds. The second-order valence-electron chi connectivity index (χ2n) is 5.20. The maximum atomic E-state index is 8.71. The van der Waals surface area contributed by atoms with Crippen molar-refractivity contribution in [3.63, 3.8) is 0 Å². The lowest BCUT2D eigenvalue weighted by atomic mass is 10.5. The van der Waals surface area contributed by atoms with Gasteiger partial charge < -0.3 is 19.3 Å². The molecule has 10 nitrogen and oxygen atoms in total. The first-order valence-electron chi connectivity index (χ1n) is 7.87. The van der Waals surface area contributed by atoms with Gasteiger partial charge in [-0.3, -0.25) is 8.42 Å². The first-order chi connectivity index (χ1) is 12.6. The Morgan fingerprint density at radius 3 is 1.48 bits per heavy atom. The molecule has 0 fully saturated rings. The molecule has 0 saturated heterocycles. The first kappa shape index (κ1) is 24.7. The highest BCUT2D eigenvalue weighted by Gasteiger charge is 2.10. The van der Waals surface area contributed by atoms with Crippen LogP contribution in [0.25, 0.3) is 12.2 Å². The number of aliphatic hydroxyl groups is 2. The molecule has 2 rings (SSSR count). The average Bonchev–Trinajstić information content (AvgIpc) is 3.11. The van der Waals surface area contributed by atoms with Crippen LogP contribution in [0, 0.1) is 13.8 Å². The van der Waals surface area contributed by atoms with Crippen LogP contribution >= 0.6 is 0 Å². The van der Waals surface area contributed by atoms with E-state index in [1.165, 1.54) is 0 Å². The number of nitrogens with one attached hydrogen (secondary N) is 2. The summed E-state index contributed by atoms with van der Waals surface area (Å²) < 4.78 is 38.0. The molecular formula is C16H26N4O6S. The van der Waals surface area contributed by atoms with Crippen molar-refractivity contribution in [2.75, 3.05) is 13.2 Å². The van der Waals surface area contributed by atoms with Crippen LogP contribution in [0.4, 0.5) is 0 Å². The average molecular weight is 402 g/mol. The predicted molar refractivity (Wildman–Crippen MR) is 96.3 cm³/mol. The fourth-order valence-corrected chi connectivity index (χ4v) is 2.18. The van der Waals surface area contributed by atoms with Gasteiger partial charge in [0.25, 0.3) is 11.6 Å². The molecule has 0 aromatic carbocycles. The van der Waals surface area contributed by atoms with E-state index in [1.807, 2.05) is 35.4 Å². The van der Waals surface area contributed by atoms with Crippen molar-refractivity contribution in [2.24, 2.45) is 0 Å². The standard InChI is InChI=1S/2C8H12N2O.H2O4S/c2*1-3-8-9-6-7(2)10(8)4-5-11;1-5(2,3)4/h2*3,6,11H,1,4-5H2,2H3;(H2,1,2,3,4). The smallest absolute Gasteiger partial charge is 0.278 e. The summed E-state index contributed by atoms with van der Waals surface area (Å²) in [6.45, 7) is 12.8. The number of aromatic nitrogens is 4. The van der Waals surface area contributed by atoms with Gasteiger partial charge in [0.1, 0.15) is 36.9 Å². The number of aliphatic hydroxyl groups excluding tert-OH is 2. The van der Waals surface area contributed by atoms with Crippen LogP contribution < -0.4 is 9.13 Å². The summed E-state index contributed by atoms with van der Waals surface area (Å²) >= 11 is 0. The van der Waals surface area contributed by atoms with E-state index in [0.29, 0.717) is 13.1 Å². The van der Waals surface area contributed by atoms with Crippen molar-refractivity contribution >= 4 is 22.6 Å². The van der Waals surface area contributed by atoms with Gasteiger partial charge in [0.05, 0.1) is 13.2 Å². The minimum atomic E-state index is -5.17. The van der Waals surface area contributed by atoms with E-state index < -0.39 is 10.4 Å². The van der Waals surface area contributed by atoms with E-state index in [9.17, 15) is 0 Å². The molecule has 4 N–H and O–H groups in total. The fraction of sp³-hybridized carbons (Fsp3) is 0.375. The molecule has 0 saturated carbocycles. The molecule has 0 aliphatic heterocycles.